The molecule has 0 aliphatic carbocycles. The molecule has 106 valence electrons. The van der Waals surface area contributed by atoms with Gasteiger partial charge in [0.2, 0.25) is 0 Å². The van der Waals surface area contributed by atoms with Crippen LogP contribution < -0.4 is 11.5 Å². The SMILES string of the molecule is C[C@@H](OC(=O)CCn1c(=O)oc2ccccc21)C(N)=O. The Kier molecular flexibility index (Phi) is 3.88. The lowest BCUT2D eigenvalue weighted by Gasteiger charge is -2.09. The van der Waals surface area contributed by atoms with Gasteiger partial charge in [-0.15, -0.1) is 0 Å². The third-order valence-electron chi connectivity index (χ3n) is 2.82. The van der Waals surface area contributed by atoms with E-state index in [4.69, 9.17) is 14.9 Å². The number of carbonyl (C=O) groups is 2. The summed E-state index contributed by atoms with van der Waals surface area (Å²) in [5.41, 5.74) is 6.05. The van der Waals surface area contributed by atoms with Crippen molar-refractivity contribution >= 4 is 23.0 Å². The fraction of sp³-hybridized carbons (Fsp3) is 0.308. The van der Waals surface area contributed by atoms with Gasteiger partial charge in [-0.05, 0) is 19.1 Å². The van der Waals surface area contributed by atoms with Crippen LogP contribution in [0.25, 0.3) is 11.1 Å². The molecule has 1 amide bonds. The number of amides is 1. The molecule has 7 heteroatoms. The number of para-hydroxylation sites is 2. The predicted octanol–water partition coefficient (Wildman–Crippen LogP) is 0.402. The van der Waals surface area contributed by atoms with Crippen LogP contribution in [0.1, 0.15) is 13.3 Å². The van der Waals surface area contributed by atoms with Crippen molar-refractivity contribution in [3.05, 3.63) is 34.8 Å². The lowest BCUT2D eigenvalue weighted by atomic mass is 10.3. The fourth-order valence-corrected chi connectivity index (χ4v) is 1.74. The van der Waals surface area contributed by atoms with E-state index in [9.17, 15) is 14.4 Å². The molecule has 7 nitrogen and oxygen atoms in total. The maximum absolute atomic E-state index is 11.7. The van der Waals surface area contributed by atoms with Crippen molar-refractivity contribution < 1.29 is 18.7 Å². The first-order valence-corrected chi connectivity index (χ1v) is 6.06. The highest BCUT2D eigenvalue weighted by Gasteiger charge is 2.15. The maximum Gasteiger partial charge on any atom is 0.419 e. The highest BCUT2D eigenvalue weighted by Crippen LogP contribution is 2.12. The highest BCUT2D eigenvalue weighted by atomic mass is 16.5. The van der Waals surface area contributed by atoms with Gasteiger partial charge >= 0.3 is 11.7 Å². The van der Waals surface area contributed by atoms with E-state index in [0.717, 1.165) is 0 Å². The molecule has 1 heterocycles. The Labute approximate surface area is 113 Å². The van der Waals surface area contributed by atoms with Gasteiger partial charge in [0.25, 0.3) is 5.91 Å². The van der Waals surface area contributed by atoms with Crippen LogP contribution in [0, 0.1) is 0 Å². The first-order valence-electron chi connectivity index (χ1n) is 6.06. The summed E-state index contributed by atoms with van der Waals surface area (Å²) < 4.78 is 11.2. The summed E-state index contributed by atoms with van der Waals surface area (Å²) >= 11 is 0. The highest BCUT2D eigenvalue weighted by molar-refractivity contribution is 5.81. The van der Waals surface area contributed by atoms with Crippen LogP contribution in [0.2, 0.25) is 0 Å². The van der Waals surface area contributed by atoms with Crippen molar-refractivity contribution in [2.45, 2.75) is 26.0 Å². The third kappa shape index (κ3) is 2.87. The number of hydrogen-bond donors (Lipinski definition) is 1. The van der Waals surface area contributed by atoms with Crippen molar-refractivity contribution in [1.29, 1.82) is 0 Å². The Hall–Kier alpha value is -2.57. The van der Waals surface area contributed by atoms with Gasteiger partial charge in [0.15, 0.2) is 11.7 Å². The van der Waals surface area contributed by atoms with Gasteiger partial charge in [0, 0.05) is 6.54 Å². The molecule has 0 aliphatic rings. The molecule has 0 spiro atoms. The summed E-state index contributed by atoms with van der Waals surface area (Å²) in [6, 6.07) is 6.90. The number of oxazole rings is 1. The number of ether oxygens (including phenoxy) is 1. The maximum atomic E-state index is 11.7. The molecule has 1 aromatic carbocycles. The first-order chi connectivity index (χ1) is 9.49. The number of nitrogens with two attached hydrogens (primary N) is 1. The van der Waals surface area contributed by atoms with E-state index in [1.54, 1.807) is 24.3 Å². The number of aromatic nitrogens is 1. The van der Waals surface area contributed by atoms with E-state index in [0.29, 0.717) is 11.1 Å². The van der Waals surface area contributed by atoms with Gasteiger partial charge in [-0.2, -0.15) is 0 Å². The summed E-state index contributed by atoms with van der Waals surface area (Å²) in [5.74, 6) is -1.86. The van der Waals surface area contributed by atoms with Gasteiger partial charge in [-0.25, -0.2) is 4.79 Å². The summed E-state index contributed by atoms with van der Waals surface area (Å²) in [6.45, 7) is 1.50. The second-order valence-corrected chi connectivity index (χ2v) is 4.27. The number of fused-ring (bicyclic) bond motifs is 1. The number of aryl methyl sites for hydroxylation is 1. The Balaban J connectivity index is 2.06. The third-order valence-corrected chi connectivity index (χ3v) is 2.82. The zero-order chi connectivity index (χ0) is 14.7. The lowest BCUT2D eigenvalue weighted by Crippen LogP contribution is -2.31. The standard InChI is InChI=1S/C13H14N2O5/c1-8(12(14)17)19-11(16)6-7-15-9-4-2-3-5-10(9)20-13(15)18/h2-5,8H,6-7H2,1H3,(H2,14,17)/t8-/m1/s1. The van der Waals surface area contributed by atoms with Crippen LogP contribution >= 0.6 is 0 Å². The van der Waals surface area contributed by atoms with Crippen LogP contribution in [-0.2, 0) is 20.9 Å². The molecule has 0 fully saturated rings. The van der Waals surface area contributed by atoms with E-state index in [-0.39, 0.29) is 13.0 Å². The zero-order valence-corrected chi connectivity index (χ0v) is 10.9. The Morgan fingerprint density at radius 3 is 2.80 bits per heavy atom. The molecule has 2 rings (SSSR count). The molecular formula is C13H14N2O5. The van der Waals surface area contributed by atoms with Gasteiger partial charge in [0.05, 0.1) is 11.9 Å². The number of rotatable bonds is 5. The van der Waals surface area contributed by atoms with E-state index in [2.05, 4.69) is 0 Å². The normalized spacial score (nSPS) is 12.2. The molecule has 2 N–H and O–H groups in total. The van der Waals surface area contributed by atoms with E-state index in [1.165, 1.54) is 11.5 Å². The summed E-state index contributed by atoms with van der Waals surface area (Å²) in [5, 5.41) is 0. The second-order valence-electron chi connectivity index (χ2n) is 4.27. The minimum absolute atomic E-state index is 0.0545. The summed E-state index contributed by atoms with van der Waals surface area (Å²) in [4.78, 5) is 33.9. The minimum atomic E-state index is -0.986. The quantitative estimate of drug-likeness (QED) is 0.797. The predicted molar refractivity (Wildman–Crippen MR) is 69.8 cm³/mol. The molecule has 2 aromatic rings. The van der Waals surface area contributed by atoms with Crippen LogP contribution in [0.15, 0.2) is 33.5 Å². The van der Waals surface area contributed by atoms with Crippen LogP contribution in [-0.4, -0.2) is 22.5 Å². The van der Waals surface area contributed by atoms with Gasteiger partial charge < -0.3 is 14.9 Å². The molecule has 0 radical (unpaired) electrons. The van der Waals surface area contributed by atoms with Crippen molar-refractivity contribution in [3.8, 4) is 0 Å². The smallest absolute Gasteiger partial charge is 0.419 e. The molecule has 0 aliphatic heterocycles. The number of primary amides is 1. The largest absolute Gasteiger partial charge is 0.453 e. The molecule has 0 bridgehead atoms. The van der Waals surface area contributed by atoms with Crippen molar-refractivity contribution in [1.82, 2.24) is 4.57 Å². The summed E-state index contributed by atoms with van der Waals surface area (Å²) in [6.07, 6.45) is -1.04. The molecule has 0 unspecified atom stereocenters. The van der Waals surface area contributed by atoms with Crippen molar-refractivity contribution in [3.63, 3.8) is 0 Å². The van der Waals surface area contributed by atoms with E-state index in [1.807, 2.05) is 0 Å². The monoisotopic (exact) mass is 278 g/mol. The Morgan fingerprint density at radius 1 is 1.40 bits per heavy atom. The number of nitrogens with zero attached hydrogens (tertiary/aromatic N) is 1. The zero-order valence-electron chi connectivity index (χ0n) is 10.9. The van der Waals surface area contributed by atoms with E-state index >= 15 is 0 Å². The van der Waals surface area contributed by atoms with Gasteiger partial charge in [-0.3, -0.25) is 14.2 Å². The molecule has 0 saturated heterocycles. The fourth-order valence-electron chi connectivity index (χ4n) is 1.74. The first kappa shape index (κ1) is 13.9. The minimum Gasteiger partial charge on any atom is -0.453 e. The van der Waals surface area contributed by atoms with Crippen molar-refractivity contribution in [2.24, 2.45) is 5.73 Å². The Morgan fingerprint density at radius 2 is 2.10 bits per heavy atom. The van der Waals surface area contributed by atoms with Crippen molar-refractivity contribution in [2.75, 3.05) is 0 Å². The van der Waals surface area contributed by atoms with Crippen LogP contribution in [0.5, 0.6) is 0 Å². The van der Waals surface area contributed by atoms with Crippen LogP contribution in [0.4, 0.5) is 0 Å². The molecule has 20 heavy (non-hydrogen) atoms. The van der Waals surface area contributed by atoms with Gasteiger partial charge in [-0.1, -0.05) is 12.1 Å². The molecule has 0 saturated carbocycles. The summed E-state index contributed by atoms with van der Waals surface area (Å²) in [7, 11) is 0. The molecule has 1 atom stereocenters. The van der Waals surface area contributed by atoms with Crippen LogP contribution in [0.3, 0.4) is 0 Å². The Bertz CT molecular complexity index is 700. The number of hydrogen-bond acceptors (Lipinski definition) is 5. The van der Waals surface area contributed by atoms with Gasteiger partial charge in [0.1, 0.15) is 0 Å². The number of benzene rings is 1. The molecule has 1 aromatic heterocycles. The average molecular weight is 278 g/mol. The molecular weight excluding hydrogens is 264 g/mol. The number of carbonyl (C=O) groups excluding carboxylic acids is 2. The average Bonchev–Trinajstić information content (AvgIpc) is 2.71. The second kappa shape index (κ2) is 5.60. The van der Waals surface area contributed by atoms with E-state index < -0.39 is 23.7 Å². The lowest BCUT2D eigenvalue weighted by molar-refractivity contribution is -0.153. The topological polar surface area (TPSA) is 105 Å². The number of esters is 1.